The Balaban J connectivity index is 1.76. The molecule has 3 rings (SSSR count). The molecule has 132 valence electrons. The number of aromatic nitrogens is 2. The highest BCUT2D eigenvalue weighted by molar-refractivity contribution is 7.92. The Morgan fingerprint density at radius 1 is 1.12 bits per heavy atom. The Labute approximate surface area is 147 Å². The lowest BCUT2D eigenvalue weighted by molar-refractivity contribution is 0.101. The number of nitrogens with zero attached hydrogens (tertiary/aromatic N) is 3. The van der Waals surface area contributed by atoms with Crippen molar-refractivity contribution in [2.75, 3.05) is 22.7 Å². The minimum atomic E-state index is -3.80. The molecule has 0 radical (unpaired) electrons. The highest BCUT2D eigenvalue weighted by Gasteiger charge is 2.17. The van der Waals surface area contributed by atoms with E-state index in [2.05, 4.69) is 19.6 Å². The Morgan fingerprint density at radius 2 is 1.80 bits per heavy atom. The Bertz CT molecular complexity index is 860. The first-order chi connectivity index (χ1) is 12.0. The highest BCUT2D eigenvalue weighted by Crippen LogP contribution is 2.19. The van der Waals surface area contributed by atoms with Crippen LogP contribution in [0, 0.1) is 0 Å². The van der Waals surface area contributed by atoms with Gasteiger partial charge in [-0.3, -0.25) is 9.52 Å². The summed E-state index contributed by atoms with van der Waals surface area (Å²) >= 11 is 0. The number of Topliss-reactive ketones (excluding diaryl/α,β-unsaturated/α-hetero) is 1. The Hall–Kier alpha value is -2.48. The summed E-state index contributed by atoms with van der Waals surface area (Å²) in [4.78, 5) is 22.1. The smallest absolute Gasteiger partial charge is 0.262 e. The molecule has 0 saturated carbocycles. The Morgan fingerprint density at radius 3 is 2.44 bits per heavy atom. The number of piperidine rings is 1. The normalized spacial score (nSPS) is 15.0. The predicted molar refractivity (Wildman–Crippen MR) is 95.4 cm³/mol. The van der Waals surface area contributed by atoms with Crippen LogP contribution in [0.2, 0.25) is 0 Å². The monoisotopic (exact) mass is 360 g/mol. The summed E-state index contributed by atoms with van der Waals surface area (Å²) in [7, 11) is -3.80. The average molecular weight is 360 g/mol. The zero-order valence-electron chi connectivity index (χ0n) is 14.0. The van der Waals surface area contributed by atoms with Gasteiger partial charge in [0.05, 0.1) is 23.0 Å². The molecular formula is C17H20N4O3S. The number of rotatable bonds is 5. The van der Waals surface area contributed by atoms with E-state index in [4.69, 9.17) is 0 Å². The summed E-state index contributed by atoms with van der Waals surface area (Å²) in [5, 5.41) is 0. The molecule has 2 heterocycles. The summed E-state index contributed by atoms with van der Waals surface area (Å²) in [6, 6.07) is 5.92. The van der Waals surface area contributed by atoms with Gasteiger partial charge in [-0.05, 0) is 38.3 Å². The number of ketones is 1. The molecule has 8 heteroatoms. The number of carbonyl (C=O) groups excluding carboxylic acids is 1. The van der Waals surface area contributed by atoms with Crippen molar-refractivity contribution in [2.45, 2.75) is 31.1 Å². The van der Waals surface area contributed by atoms with Crippen molar-refractivity contribution in [3.8, 4) is 0 Å². The first kappa shape index (κ1) is 17.3. The summed E-state index contributed by atoms with van der Waals surface area (Å²) in [6.07, 6.45) is 6.37. The summed E-state index contributed by atoms with van der Waals surface area (Å²) in [5.74, 6) is 0.424. The number of hydrogen-bond acceptors (Lipinski definition) is 6. The van der Waals surface area contributed by atoms with E-state index >= 15 is 0 Å². The number of sulfonamides is 1. The van der Waals surface area contributed by atoms with Crippen molar-refractivity contribution in [2.24, 2.45) is 0 Å². The number of nitrogens with one attached hydrogen (secondary N) is 1. The lowest BCUT2D eigenvalue weighted by atomic mass is 10.1. The summed E-state index contributed by atoms with van der Waals surface area (Å²) < 4.78 is 27.4. The summed E-state index contributed by atoms with van der Waals surface area (Å²) in [6.45, 7) is 3.23. The molecule has 1 aliphatic rings. The molecule has 1 fully saturated rings. The van der Waals surface area contributed by atoms with Crippen LogP contribution < -0.4 is 9.62 Å². The van der Waals surface area contributed by atoms with Gasteiger partial charge in [-0.2, -0.15) is 0 Å². The van der Waals surface area contributed by atoms with Crippen LogP contribution in [0.3, 0.4) is 0 Å². The summed E-state index contributed by atoms with van der Waals surface area (Å²) in [5.41, 5.74) is 0.633. The fraction of sp³-hybridized carbons (Fsp3) is 0.353. The van der Waals surface area contributed by atoms with E-state index in [0.29, 0.717) is 11.5 Å². The zero-order valence-corrected chi connectivity index (χ0v) is 14.8. The van der Waals surface area contributed by atoms with Crippen molar-refractivity contribution < 1.29 is 13.2 Å². The molecule has 0 aliphatic carbocycles. The van der Waals surface area contributed by atoms with E-state index in [9.17, 15) is 13.2 Å². The van der Waals surface area contributed by atoms with Gasteiger partial charge in [-0.1, -0.05) is 12.1 Å². The van der Waals surface area contributed by atoms with Gasteiger partial charge in [0.25, 0.3) is 10.0 Å². The van der Waals surface area contributed by atoms with Gasteiger partial charge in [-0.15, -0.1) is 0 Å². The minimum absolute atomic E-state index is 0.0281. The van der Waals surface area contributed by atoms with Gasteiger partial charge < -0.3 is 4.90 Å². The lowest BCUT2D eigenvalue weighted by Gasteiger charge is -2.26. The molecule has 2 aromatic rings. The molecule has 1 N–H and O–H groups in total. The van der Waals surface area contributed by atoms with Crippen LogP contribution in [0.25, 0.3) is 0 Å². The molecule has 0 amide bonds. The van der Waals surface area contributed by atoms with Gasteiger partial charge >= 0.3 is 0 Å². The topological polar surface area (TPSA) is 92.3 Å². The third kappa shape index (κ3) is 4.14. The third-order valence-corrected chi connectivity index (χ3v) is 5.46. The fourth-order valence-corrected chi connectivity index (χ4v) is 3.80. The van der Waals surface area contributed by atoms with Crippen molar-refractivity contribution in [3.05, 3.63) is 42.2 Å². The van der Waals surface area contributed by atoms with Gasteiger partial charge in [-0.25, -0.2) is 18.4 Å². The number of carbonyl (C=O) groups is 1. The highest BCUT2D eigenvalue weighted by atomic mass is 32.2. The first-order valence-electron chi connectivity index (χ1n) is 8.16. The van der Waals surface area contributed by atoms with Crippen LogP contribution in [0.4, 0.5) is 11.6 Å². The third-order valence-electron chi connectivity index (χ3n) is 4.08. The zero-order chi connectivity index (χ0) is 17.9. The predicted octanol–water partition coefficient (Wildman–Crippen LogP) is 2.47. The van der Waals surface area contributed by atoms with E-state index in [0.717, 1.165) is 25.9 Å². The van der Waals surface area contributed by atoms with Crippen molar-refractivity contribution in [1.29, 1.82) is 0 Å². The standard InChI is InChI=1S/C17H20N4O3S/c1-13(22)14-6-5-7-16(10-14)25(23,24)20-15-11-18-17(19-12-15)21-8-3-2-4-9-21/h5-7,10-12,20H,2-4,8-9H2,1H3. The van der Waals surface area contributed by atoms with E-state index in [1.807, 2.05) is 0 Å². The quantitative estimate of drug-likeness (QED) is 0.824. The molecule has 0 spiro atoms. The van der Waals surface area contributed by atoms with Gasteiger partial charge in [0.15, 0.2) is 5.78 Å². The first-order valence-corrected chi connectivity index (χ1v) is 9.65. The van der Waals surface area contributed by atoms with E-state index in [1.54, 1.807) is 12.1 Å². The van der Waals surface area contributed by atoms with Crippen LogP contribution in [-0.4, -0.2) is 37.3 Å². The maximum Gasteiger partial charge on any atom is 0.262 e. The van der Waals surface area contributed by atoms with Crippen molar-refractivity contribution in [1.82, 2.24) is 9.97 Å². The average Bonchev–Trinajstić information content (AvgIpc) is 2.63. The minimum Gasteiger partial charge on any atom is -0.341 e. The van der Waals surface area contributed by atoms with E-state index in [1.165, 1.54) is 37.9 Å². The van der Waals surface area contributed by atoms with Gasteiger partial charge in [0, 0.05) is 18.7 Å². The van der Waals surface area contributed by atoms with Gasteiger partial charge in [0.1, 0.15) is 0 Å². The van der Waals surface area contributed by atoms with Crippen LogP contribution in [0.1, 0.15) is 36.5 Å². The largest absolute Gasteiger partial charge is 0.341 e. The SMILES string of the molecule is CC(=O)c1cccc(S(=O)(=O)Nc2cnc(N3CCCCC3)nc2)c1. The maximum atomic E-state index is 12.5. The fourth-order valence-electron chi connectivity index (χ4n) is 2.73. The number of hydrogen-bond donors (Lipinski definition) is 1. The van der Waals surface area contributed by atoms with Crippen LogP contribution in [-0.2, 0) is 10.0 Å². The molecule has 1 saturated heterocycles. The van der Waals surface area contributed by atoms with Crippen molar-refractivity contribution >= 4 is 27.4 Å². The van der Waals surface area contributed by atoms with Crippen LogP contribution in [0.15, 0.2) is 41.6 Å². The molecule has 0 bridgehead atoms. The molecular weight excluding hydrogens is 340 g/mol. The second kappa shape index (κ2) is 7.18. The van der Waals surface area contributed by atoms with Crippen LogP contribution >= 0.6 is 0 Å². The van der Waals surface area contributed by atoms with Gasteiger partial charge in [0.2, 0.25) is 5.95 Å². The van der Waals surface area contributed by atoms with Crippen molar-refractivity contribution in [3.63, 3.8) is 0 Å². The molecule has 1 aliphatic heterocycles. The molecule has 0 unspecified atom stereocenters. The van der Waals surface area contributed by atoms with E-state index in [-0.39, 0.29) is 16.4 Å². The second-order valence-corrected chi connectivity index (χ2v) is 7.69. The Kier molecular flexibility index (Phi) is 4.98. The maximum absolute atomic E-state index is 12.5. The molecule has 0 atom stereocenters. The molecule has 1 aromatic carbocycles. The lowest BCUT2D eigenvalue weighted by Crippen LogP contribution is -2.30. The molecule has 1 aromatic heterocycles. The number of benzene rings is 1. The van der Waals surface area contributed by atoms with Crippen LogP contribution in [0.5, 0.6) is 0 Å². The molecule has 7 nitrogen and oxygen atoms in total. The number of anilines is 2. The molecule has 25 heavy (non-hydrogen) atoms. The second-order valence-electron chi connectivity index (χ2n) is 6.01. The van der Waals surface area contributed by atoms with E-state index < -0.39 is 10.0 Å².